The van der Waals surface area contributed by atoms with Crippen LogP contribution in [0, 0.1) is 12.8 Å². The lowest BCUT2D eigenvalue weighted by Crippen LogP contribution is -2.43. The molecule has 0 unspecified atom stereocenters. The number of hydrogen-bond acceptors (Lipinski definition) is 6. The summed E-state index contributed by atoms with van der Waals surface area (Å²) in [5.41, 5.74) is 1.56. The molecule has 27 heavy (non-hydrogen) atoms. The zero-order chi connectivity index (χ0) is 19.0. The van der Waals surface area contributed by atoms with Crippen LogP contribution in [-0.2, 0) is 18.2 Å². The van der Waals surface area contributed by atoms with Gasteiger partial charge in [-0.1, -0.05) is 17.3 Å². The highest BCUT2D eigenvalue weighted by Gasteiger charge is 2.32. The number of nitrogens with one attached hydrogen (secondary N) is 1. The number of amides is 1. The lowest BCUT2D eigenvalue weighted by atomic mass is 9.98. The SMILES string of the molecule is Cc1cc(C[C@@H]2COC[C@@H]2NC(=O)c2nc3ccccc3n(C)c2=O)on1. The molecule has 8 heteroatoms. The second-order valence-corrected chi connectivity index (χ2v) is 6.83. The number of aromatic nitrogens is 3. The van der Waals surface area contributed by atoms with Gasteiger partial charge in [-0.05, 0) is 19.1 Å². The summed E-state index contributed by atoms with van der Waals surface area (Å²) in [6.45, 7) is 2.75. The predicted molar refractivity (Wildman–Crippen MR) is 97.5 cm³/mol. The van der Waals surface area contributed by atoms with Crippen molar-refractivity contribution < 1.29 is 14.1 Å². The van der Waals surface area contributed by atoms with Gasteiger partial charge < -0.3 is 19.1 Å². The number of ether oxygens (including phenoxy) is 1. The van der Waals surface area contributed by atoms with E-state index in [0.29, 0.717) is 30.7 Å². The highest BCUT2D eigenvalue weighted by atomic mass is 16.5. The molecule has 1 fully saturated rings. The molecule has 1 aromatic carbocycles. The summed E-state index contributed by atoms with van der Waals surface area (Å²) < 4.78 is 12.2. The minimum Gasteiger partial charge on any atom is -0.379 e. The summed E-state index contributed by atoms with van der Waals surface area (Å²) in [7, 11) is 1.64. The van der Waals surface area contributed by atoms with Crippen LogP contribution in [0.4, 0.5) is 0 Å². The Balaban J connectivity index is 1.55. The molecule has 0 spiro atoms. The summed E-state index contributed by atoms with van der Waals surface area (Å²) in [5.74, 6) is 0.309. The third kappa shape index (κ3) is 3.35. The summed E-state index contributed by atoms with van der Waals surface area (Å²) >= 11 is 0. The van der Waals surface area contributed by atoms with Crippen LogP contribution in [0.5, 0.6) is 0 Å². The first-order chi connectivity index (χ1) is 13.0. The van der Waals surface area contributed by atoms with Crippen molar-refractivity contribution in [3.05, 3.63) is 57.8 Å². The second kappa shape index (κ2) is 6.96. The first-order valence-electron chi connectivity index (χ1n) is 8.79. The average molecular weight is 368 g/mol. The van der Waals surface area contributed by atoms with E-state index in [0.717, 1.165) is 11.5 Å². The molecule has 1 saturated heterocycles. The minimum atomic E-state index is -0.490. The molecule has 140 valence electrons. The number of aryl methyl sites for hydroxylation is 2. The Kier molecular flexibility index (Phi) is 4.49. The quantitative estimate of drug-likeness (QED) is 0.743. The smallest absolute Gasteiger partial charge is 0.282 e. The normalized spacial score (nSPS) is 19.5. The highest BCUT2D eigenvalue weighted by molar-refractivity contribution is 5.94. The Morgan fingerprint density at radius 3 is 2.93 bits per heavy atom. The van der Waals surface area contributed by atoms with E-state index < -0.39 is 11.5 Å². The largest absolute Gasteiger partial charge is 0.379 e. The fraction of sp³-hybridized carbons (Fsp3) is 0.368. The molecule has 0 bridgehead atoms. The van der Waals surface area contributed by atoms with Crippen LogP contribution in [0.1, 0.15) is 21.9 Å². The predicted octanol–water partition coefficient (Wildman–Crippen LogP) is 1.22. The molecule has 0 aliphatic carbocycles. The number of carbonyl (C=O) groups excluding carboxylic acids is 1. The average Bonchev–Trinajstić information content (AvgIpc) is 3.27. The van der Waals surface area contributed by atoms with Gasteiger partial charge in [0, 0.05) is 25.5 Å². The van der Waals surface area contributed by atoms with Gasteiger partial charge in [-0.15, -0.1) is 0 Å². The van der Waals surface area contributed by atoms with Crippen molar-refractivity contribution >= 4 is 16.9 Å². The van der Waals surface area contributed by atoms with Crippen LogP contribution in [0.2, 0.25) is 0 Å². The lowest BCUT2D eigenvalue weighted by Gasteiger charge is -2.18. The zero-order valence-corrected chi connectivity index (χ0v) is 15.1. The number of nitrogens with zero attached hydrogens (tertiary/aromatic N) is 3. The van der Waals surface area contributed by atoms with Crippen molar-refractivity contribution in [2.45, 2.75) is 19.4 Å². The van der Waals surface area contributed by atoms with Gasteiger partial charge in [0.05, 0.1) is 36.0 Å². The van der Waals surface area contributed by atoms with Gasteiger partial charge in [0.25, 0.3) is 11.5 Å². The first-order valence-corrected chi connectivity index (χ1v) is 8.79. The molecule has 0 radical (unpaired) electrons. The van der Waals surface area contributed by atoms with Gasteiger partial charge in [-0.2, -0.15) is 0 Å². The van der Waals surface area contributed by atoms with E-state index in [1.165, 1.54) is 4.57 Å². The summed E-state index contributed by atoms with van der Waals surface area (Å²) in [5, 5.41) is 6.79. The van der Waals surface area contributed by atoms with Gasteiger partial charge in [0.1, 0.15) is 5.76 Å². The maximum atomic E-state index is 12.7. The molecule has 4 rings (SSSR count). The zero-order valence-electron chi connectivity index (χ0n) is 15.1. The van der Waals surface area contributed by atoms with Gasteiger partial charge in [0.2, 0.25) is 0 Å². The molecule has 0 saturated carbocycles. The number of fused-ring (bicyclic) bond motifs is 1. The number of para-hydroxylation sites is 2. The molecule has 2 atom stereocenters. The van der Waals surface area contributed by atoms with Crippen LogP contribution in [0.25, 0.3) is 11.0 Å². The van der Waals surface area contributed by atoms with Gasteiger partial charge in [-0.25, -0.2) is 4.98 Å². The molecule has 8 nitrogen and oxygen atoms in total. The molecule has 1 aliphatic rings. The van der Waals surface area contributed by atoms with Crippen LogP contribution in [0.3, 0.4) is 0 Å². The summed E-state index contributed by atoms with van der Waals surface area (Å²) in [6, 6.07) is 8.88. The molecule has 3 heterocycles. The Hall–Kier alpha value is -3.00. The summed E-state index contributed by atoms with van der Waals surface area (Å²) in [4.78, 5) is 29.6. The van der Waals surface area contributed by atoms with E-state index >= 15 is 0 Å². The van der Waals surface area contributed by atoms with Crippen molar-refractivity contribution in [3.8, 4) is 0 Å². The standard InChI is InChI=1S/C19H20N4O4/c1-11-7-13(27-22-11)8-12-9-26-10-15(12)21-18(24)17-19(25)23(2)16-6-4-3-5-14(16)20-17/h3-7,12,15H,8-10H2,1-2H3,(H,21,24)/t12-,15+/m1/s1. The number of benzene rings is 1. The second-order valence-electron chi connectivity index (χ2n) is 6.83. The van der Waals surface area contributed by atoms with E-state index in [4.69, 9.17) is 9.26 Å². The molecule has 3 aromatic rings. The van der Waals surface area contributed by atoms with Gasteiger partial charge in [0.15, 0.2) is 5.69 Å². The van der Waals surface area contributed by atoms with E-state index in [9.17, 15) is 9.59 Å². The summed E-state index contributed by atoms with van der Waals surface area (Å²) in [6.07, 6.45) is 0.606. The molecular weight excluding hydrogens is 348 g/mol. The monoisotopic (exact) mass is 368 g/mol. The molecule has 1 amide bonds. The molecule has 1 aliphatic heterocycles. The van der Waals surface area contributed by atoms with E-state index in [1.807, 2.05) is 25.1 Å². The van der Waals surface area contributed by atoms with Crippen LogP contribution < -0.4 is 10.9 Å². The molecule has 2 aromatic heterocycles. The van der Waals surface area contributed by atoms with Crippen molar-refractivity contribution in [2.24, 2.45) is 13.0 Å². The maximum absolute atomic E-state index is 12.7. The van der Waals surface area contributed by atoms with Crippen LogP contribution in [0.15, 0.2) is 39.6 Å². The van der Waals surface area contributed by atoms with Crippen molar-refractivity contribution in [1.29, 1.82) is 0 Å². The van der Waals surface area contributed by atoms with Crippen molar-refractivity contribution in [3.63, 3.8) is 0 Å². The lowest BCUT2D eigenvalue weighted by molar-refractivity contribution is 0.0917. The van der Waals surface area contributed by atoms with Crippen LogP contribution in [-0.4, -0.2) is 39.9 Å². The maximum Gasteiger partial charge on any atom is 0.282 e. The van der Waals surface area contributed by atoms with Crippen LogP contribution >= 0.6 is 0 Å². The number of carbonyl (C=O) groups is 1. The Bertz CT molecular complexity index is 1060. The van der Waals surface area contributed by atoms with E-state index in [-0.39, 0.29) is 17.7 Å². The Labute approximate surface area is 155 Å². The highest BCUT2D eigenvalue weighted by Crippen LogP contribution is 2.20. The third-order valence-electron chi connectivity index (χ3n) is 4.85. The van der Waals surface area contributed by atoms with Crippen molar-refractivity contribution in [1.82, 2.24) is 20.0 Å². The minimum absolute atomic E-state index is 0.0469. The number of hydrogen-bond donors (Lipinski definition) is 1. The van der Waals surface area contributed by atoms with E-state index in [2.05, 4.69) is 15.5 Å². The van der Waals surface area contributed by atoms with Gasteiger partial charge in [-0.3, -0.25) is 9.59 Å². The Morgan fingerprint density at radius 1 is 1.33 bits per heavy atom. The Morgan fingerprint density at radius 2 is 2.15 bits per heavy atom. The van der Waals surface area contributed by atoms with E-state index in [1.54, 1.807) is 19.2 Å². The number of rotatable bonds is 4. The van der Waals surface area contributed by atoms with Crippen molar-refractivity contribution in [2.75, 3.05) is 13.2 Å². The fourth-order valence-electron chi connectivity index (χ4n) is 3.39. The van der Waals surface area contributed by atoms with Gasteiger partial charge >= 0.3 is 0 Å². The molecule has 1 N–H and O–H groups in total. The fourth-order valence-corrected chi connectivity index (χ4v) is 3.39. The third-order valence-corrected chi connectivity index (χ3v) is 4.85. The first kappa shape index (κ1) is 17.4. The topological polar surface area (TPSA) is 99.2 Å². The molecular formula is C19H20N4O4.